The summed E-state index contributed by atoms with van der Waals surface area (Å²) in [6, 6.07) is -4.43. The molecule has 0 heterocycles. The molecule has 4 unspecified atom stereocenters. The number of carboxylic acid groups (broad SMARTS) is 1. The summed E-state index contributed by atoms with van der Waals surface area (Å²) in [5.74, 6) is -2.73. The zero-order valence-electron chi connectivity index (χ0n) is 17.0. The number of hydrogen-bond donors (Lipinski definition) is 8. The summed E-state index contributed by atoms with van der Waals surface area (Å²) in [6.07, 6.45) is 3.37. The van der Waals surface area contributed by atoms with Gasteiger partial charge in [-0.3, -0.25) is 14.4 Å². The van der Waals surface area contributed by atoms with Crippen LogP contribution in [0.2, 0.25) is 0 Å². The number of rotatable bonds is 16. The third kappa shape index (κ3) is 11.0. The molecule has 0 spiro atoms. The van der Waals surface area contributed by atoms with E-state index in [0.717, 1.165) is 0 Å². The zero-order valence-corrected chi connectivity index (χ0v) is 18.7. The highest BCUT2D eigenvalue weighted by Crippen LogP contribution is 2.05. The van der Waals surface area contributed by atoms with E-state index in [2.05, 4.69) is 28.6 Å². The van der Waals surface area contributed by atoms with Crippen molar-refractivity contribution in [1.29, 1.82) is 0 Å². The maximum absolute atomic E-state index is 12.6. The Morgan fingerprint density at radius 2 is 1.53 bits per heavy atom. The van der Waals surface area contributed by atoms with Gasteiger partial charge in [0.05, 0.1) is 12.6 Å². The number of hydrogen-bond acceptors (Lipinski definition) is 9. The van der Waals surface area contributed by atoms with Gasteiger partial charge in [0.2, 0.25) is 17.7 Å². The number of aliphatic hydroxyl groups is 1. The SMILES string of the molecule is CSCCC(NC(=O)C(CCCCN)NC(=O)C(CO)NC(=O)C(N)CS)C(=O)O. The highest BCUT2D eigenvalue weighted by molar-refractivity contribution is 7.98. The van der Waals surface area contributed by atoms with Gasteiger partial charge in [0.15, 0.2) is 0 Å². The second-order valence-corrected chi connectivity index (χ2v) is 7.91. The first-order valence-corrected chi connectivity index (χ1v) is 11.5. The average molecular weight is 468 g/mol. The van der Waals surface area contributed by atoms with Crippen LogP contribution in [-0.2, 0) is 19.2 Å². The van der Waals surface area contributed by atoms with Crippen LogP contribution in [0.1, 0.15) is 25.7 Å². The number of aliphatic hydroxyl groups excluding tert-OH is 1. The van der Waals surface area contributed by atoms with Gasteiger partial charge < -0.3 is 37.6 Å². The number of carbonyl (C=O) groups is 4. The topological polar surface area (TPSA) is 197 Å². The fourth-order valence-electron chi connectivity index (χ4n) is 2.36. The molecule has 0 aliphatic heterocycles. The fourth-order valence-corrected chi connectivity index (χ4v) is 2.99. The van der Waals surface area contributed by atoms with Crippen LogP contribution in [-0.4, -0.2) is 89.0 Å². The van der Waals surface area contributed by atoms with Crippen LogP contribution in [0.3, 0.4) is 0 Å². The number of nitrogens with one attached hydrogen (secondary N) is 3. The highest BCUT2D eigenvalue weighted by atomic mass is 32.2. The minimum atomic E-state index is -1.32. The van der Waals surface area contributed by atoms with Gasteiger partial charge in [-0.05, 0) is 44.2 Å². The minimum Gasteiger partial charge on any atom is -0.480 e. The van der Waals surface area contributed by atoms with Crippen LogP contribution in [0.15, 0.2) is 0 Å². The van der Waals surface area contributed by atoms with Crippen LogP contribution in [0.25, 0.3) is 0 Å². The zero-order chi connectivity index (χ0) is 23.1. The van der Waals surface area contributed by atoms with Crippen molar-refractivity contribution in [2.75, 3.05) is 30.9 Å². The molecule has 0 fully saturated rings. The first kappa shape index (κ1) is 28.5. The van der Waals surface area contributed by atoms with Gasteiger partial charge in [-0.15, -0.1) is 0 Å². The molecule has 11 nitrogen and oxygen atoms in total. The van der Waals surface area contributed by atoms with Crippen LogP contribution in [0.5, 0.6) is 0 Å². The number of unbranched alkanes of at least 4 members (excludes halogenated alkanes) is 1. The van der Waals surface area contributed by atoms with Crippen LogP contribution < -0.4 is 27.4 Å². The normalized spacial score (nSPS) is 14.8. The van der Waals surface area contributed by atoms with Crippen molar-refractivity contribution in [3.05, 3.63) is 0 Å². The van der Waals surface area contributed by atoms with Crippen LogP contribution >= 0.6 is 24.4 Å². The van der Waals surface area contributed by atoms with Crippen molar-refractivity contribution in [3.8, 4) is 0 Å². The van der Waals surface area contributed by atoms with Gasteiger partial charge in [-0.25, -0.2) is 4.79 Å². The van der Waals surface area contributed by atoms with Crippen molar-refractivity contribution in [3.63, 3.8) is 0 Å². The number of thiol groups is 1. The lowest BCUT2D eigenvalue weighted by Gasteiger charge is -2.24. The monoisotopic (exact) mass is 467 g/mol. The van der Waals surface area contributed by atoms with Crippen molar-refractivity contribution in [1.82, 2.24) is 16.0 Å². The number of carbonyl (C=O) groups excluding carboxylic acids is 3. The number of amides is 3. The first-order chi connectivity index (χ1) is 14.2. The summed E-state index contributed by atoms with van der Waals surface area (Å²) < 4.78 is 0. The first-order valence-electron chi connectivity index (χ1n) is 9.51. The summed E-state index contributed by atoms with van der Waals surface area (Å²) >= 11 is 5.34. The molecule has 3 amide bonds. The summed E-state index contributed by atoms with van der Waals surface area (Å²) in [5, 5.41) is 25.9. The maximum Gasteiger partial charge on any atom is 0.326 e. The quantitative estimate of drug-likeness (QED) is 0.0905. The standard InChI is InChI=1S/C17H33N5O6S2/c1-30-7-5-12(17(27)28)21-15(25)11(4-2-3-6-18)20-16(26)13(8-23)22-14(24)10(19)9-29/h10-13,23,29H,2-9,18-19H2,1H3,(H,20,26)(H,21,25)(H,22,24)(H,27,28). The number of carboxylic acids is 1. The second kappa shape index (κ2) is 16.2. The van der Waals surface area contributed by atoms with E-state index >= 15 is 0 Å². The molecular weight excluding hydrogens is 434 g/mol. The highest BCUT2D eigenvalue weighted by Gasteiger charge is 2.29. The van der Waals surface area contributed by atoms with Gasteiger partial charge in [0.25, 0.3) is 0 Å². The lowest BCUT2D eigenvalue weighted by atomic mass is 10.1. The molecule has 13 heteroatoms. The lowest BCUT2D eigenvalue weighted by Crippen LogP contribution is -2.58. The summed E-state index contributed by atoms with van der Waals surface area (Å²) in [5.41, 5.74) is 11.0. The van der Waals surface area contributed by atoms with Crippen LogP contribution in [0.4, 0.5) is 0 Å². The minimum absolute atomic E-state index is 0.0440. The Morgan fingerprint density at radius 1 is 0.967 bits per heavy atom. The molecular formula is C17H33N5O6S2. The van der Waals surface area contributed by atoms with E-state index in [1.54, 1.807) is 0 Å². The molecule has 0 radical (unpaired) electrons. The molecule has 4 atom stereocenters. The van der Waals surface area contributed by atoms with Crippen LogP contribution in [0, 0.1) is 0 Å². The second-order valence-electron chi connectivity index (χ2n) is 6.56. The third-order valence-electron chi connectivity index (χ3n) is 4.15. The Balaban J connectivity index is 5.19. The molecule has 0 aromatic carbocycles. The van der Waals surface area contributed by atoms with Gasteiger partial charge in [-0.2, -0.15) is 24.4 Å². The molecule has 0 saturated heterocycles. The lowest BCUT2D eigenvalue weighted by molar-refractivity contribution is -0.142. The number of thioether (sulfide) groups is 1. The molecule has 0 aromatic rings. The smallest absolute Gasteiger partial charge is 0.326 e. The van der Waals surface area contributed by atoms with Crippen molar-refractivity contribution in [2.24, 2.45) is 11.5 Å². The molecule has 0 saturated carbocycles. The Labute approximate surface area is 185 Å². The third-order valence-corrected chi connectivity index (χ3v) is 5.19. The summed E-state index contributed by atoms with van der Waals surface area (Å²) in [4.78, 5) is 48.4. The van der Waals surface area contributed by atoms with E-state index in [0.29, 0.717) is 25.1 Å². The maximum atomic E-state index is 12.6. The number of nitrogens with two attached hydrogens (primary N) is 2. The molecule has 30 heavy (non-hydrogen) atoms. The predicted octanol–water partition coefficient (Wildman–Crippen LogP) is -2.34. The molecule has 0 rings (SSSR count). The number of aliphatic carboxylic acids is 1. The van der Waals surface area contributed by atoms with Gasteiger partial charge in [-0.1, -0.05) is 0 Å². The molecule has 174 valence electrons. The van der Waals surface area contributed by atoms with E-state index in [-0.39, 0.29) is 18.6 Å². The van der Waals surface area contributed by atoms with E-state index in [4.69, 9.17) is 11.5 Å². The van der Waals surface area contributed by atoms with Gasteiger partial charge >= 0.3 is 5.97 Å². The van der Waals surface area contributed by atoms with E-state index in [9.17, 15) is 29.4 Å². The summed E-state index contributed by atoms with van der Waals surface area (Å²) in [7, 11) is 0. The Morgan fingerprint density at radius 3 is 2.03 bits per heavy atom. The van der Waals surface area contributed by atoms with E-state index < -0.39 is 54.5 Å². The molecule has 9 N–H and O–H groups in total. The van der Waals surface area contributed by atoms with Crippen molar-refractivity contribution in [2.45, 2.75) is 49.9 Å². The average Bonchev–Trinajstić information content (AvgIpc) is 2.72. The predicted molar refractivity (Wildman–Crippen MR) is 118 cm³/mol. The largest absolute Gasteiger partial charge is 0.480 e. The molecule has 0 aromatic heterocycles. The van der Waals surface area contributed by atoms with Crippen molar-refractivity contribution < 1.29 is 29.4 Å². The molecule has 0 aliphatic rings. The van der Waals surface area contributed by atoms with E-state index in [1.807, 2.05) is 6.26 Å². The van der Waals surface area contributed by atoms with Gasteiger partial charge in [0, 0.05) is 5.75 Å². The Bertz CT molecular complexity index is 569. The van der Waals surface area contributed by atoms with E-state index in [1.165, 1.54) is 11.8 Å². The molecule has 0 bridgehead atoms. The van der Waals surface area contributed by atoms with Gasteiger partial charge in [0.1, 0.15) is 18.1 Å². The molecule has 0 aliphatic carbocycles. The fraction of sp³-hybridized carbons (Fsp3) is 0.765. The Kier molecular flexibility index (Phi) is 15.4. The Hall–Kier alpha value is -1.54. The van der Waals surface area contributed by atoms with Crippen molar-refractivity contribution >= 4 is 48.1 Å². The summed E-state index contributed by atoms with van der Waals surface area (Å²) in [6.45, 7) is -0.315.